The zero-order chi connectivity index (χ0) is 17.8. The van der Waals surface area contributed by atoms with E-state index < -0.39 is 0 Å². The van der Waals surface area contributed by atoms with Crippen LogP contribution in [0, 0.1) is 13.8 Å². The van der Waals surface area contributed by atoms with Gasteiger partial charge in [0.05, 0.1) is 5.69 Å². The maximum atomic E-state index is 6.10. The Balaban J connectivity index is 1.57. The molecule has 0 unspecified atom stereocenters. The Morgan fingerprint density at radius 2 is 2.04 bits per heavy atom. The van der Waals surface area contributed by atoms with Crippen LogP contribution in [-0.4, -0.2) is 49.2 Å². The van der Waals surface area contributed by atoms with Crippen molar-refractivity contribution in [1.82, 2.24) is 15.4 Å². The topological polar surface area (TPSA) is 56.9 Å². The molecule has 1 N–H and O–H groups in total. The van der Waals surface area contributed by atoms with Crippen molar-refractivity contribution in [3.05, 3.63) is 46.3 Å². The third kappa shape index (κ3) is 4.07. The summed E-state index contributed by atoms with van der Waals surface area (Å²) in [5, 5.41) is 8.20. The average Bonchev–Trinajstić information content (AvgIpc) is 2.94. The summed E-state index contributed by atoms with van der Waals surface area (Å²) < 4.78 is 5.22. The molecular formula is C18H24ClN5O. The van der Waals surface area contributed by atoms with Crippen LogP contribution in [0.25, 0.3) is 0 Å². The van der Waals surface area contributed by atoms with Crippen LogP contribution in [0.1, 0.15) is 17.0 Å². The smallest absolute Gasteiger partial charge is 0.194 e. The number of aryl methyl sites for hydroxylation is 2. The first kappa shape index (κ1) is 17.6. The molecule has 0 saturated carbocycles. The number of hydrogen-bond donors (Lipinski definition) is 1. The van der Waals surface area contributed by atoms with E-state index in [1.807, 2.05) is 39.1 Å². The molecule has 0 atom stereocenters. The molecule has 3 rings (SSSR count). The Morgan fingerprint density at radius 1 is 1.28 bits per heavy atom. The standard InChI is InChI=1S/C18H24ClN5O/c1-13-17(14(2)25-22-13)12-21-18(20-3)24-9-7-23(8-10-24)16-6-4-5-15(19)11-16/h4-6,11H,7-10,12H2,1-3H3,(H,20,21). The lowest BCUT2D eigenvalue weighted by Gasteiger charge is -2.37. The number of piperazine rings is 1. The summed E-state index contributed by atoms with van der Waals surface area (Å²) in [5.41, 5.74) is 3.19. The lowest BCUT2D eigenvalue weighted by Crippen LogP contribution is -2.52. The zero-order valence-electron chi connectivity index (χ0n) is 14.9. The van der Waals surface area contributed by atoms with Crippen molar-refractivity contribution in [2.24, 2.45) is 4.99 Å². The van der Waals surface area contributed by atoms with Gasteiger partial charge in [-0.2, -0.15) is 0 Å². The number of halogens is 1. The predicted molar refractivity (Wildman–Crippen MR) is 101 cm³/mol. The normalized spacial score (nSPS) is 15.6. The highest BCUT2D eigenvalue weighted by Gasteiger charge is 2.20. The molecule has 134 valence electrons. The van der Waals surface area contributed by atoms with Crippen LogP contribution < -0.4 is 10.2 Å². The molecule has 6 nitrogen and oxygen atoms in total. The molecule has 0 amide bonds. The van der Waals surface area contributed by atoms with Crippen molar-refractivity contribution in [2.45, 2.75) is 20.4 Å². The molecule has 0 radical (unpaired) electrons. The minimum atomic E-state index is 0.669. The van der Waals surface area contributed by atoms with Crippen molar-refractivity contribution in [2.75, 3.05) is 38.1 Å². The Kier molecular flexibility index (Phi) is 5.48. The number of aromatic nitrogens is 1. The van der Waals surface area contributed by atoms with Gasteiger partial charge in [0.2, 0.25) is 0 Å². The lowest BCUT2D eigenvalue weighted by atomic mass is 10.2. The number of nitrogens with one attached hydrogen (secondary N) is 1. The second-order valence-corrected chi connectivity index (χ2v) is 6.59. The van der Waals surface area contributed by atoms with Crippen LogP contribution in [0.5, 0.6) is 0 Å². The Labute approximate surface area is 153 Å². The molecule has 1 aromatic heterocycles. The van der Waals surface area contributed by atoms with E-state index in [1.165, 1.54) is 5.69 Å². The number of anilines is 1. The fourth-order valence-electron chi connectivity index (χ4n) is 3.10. The molecule has 2 heterocycles. The highest BCUT2D eigenvalue weighted by Crippen LogP contribution is 2.21. The molecule has 1 aliphatic heterocycles. The minimum Gasteiger partial charge on any atom is -0.368 e. The molecule has 7 heteroatoms. The van der Waals surface area contributed by atoms with Gasteiger partial charge in [0.15, 0.2) is 5.96 Å². The van der Waals surface area contributed by atoms with Crippen molar-refractivity contribution < 1.29 is 4.52 Å². The van der Waals surface area contributed by atoms with Gasteiger partial charge < -0.3 is 19.6 Å². The number of guanidine groups is 1. The molecule has 2 aromatic rings. The van der Waals surface area contributed by atoms with Gasteiger partial charge in [0.1, 0.15) is 5.76 Å². The first-order valence-corrected chi connectivity index (χ1v) is 8.84. The average molecular weight is 362 g/mol. The molecule has 0 bridgehead atoms. The summed E-state index contributed by atoms with van der Waals surface area (Å²) >= 11 is 6.10. The molecule has 1 fully saturated rings. The lowest BCUT2D eigenvalue weighted by molar-refractivity contribution is 0.372. The van der Waals surface area contributed by atoms with Crippen LogP contribution >= 0.6 is 11.6 Å². The summed E-state index contributed by atoms with van der Waals surface area (Å²) in [6, 6.07) is 8.02. The van der Waals surface area contributed by atoms with E-state index in [0.717, 1.165) is 54.2 Å². The maximum Gasteiger partial charge on any atom is 0.194 e. The summed E-state index contributed by atoms with van der Waals surface area (Å²) in [5.74, 6) is 1.76. The van der Waals surface area contributed by atoms with Crippen LogP contribution in [0.4, 0.5) is 5.69 Å². The van der Waals surface area contributed by atoms with Gasteiger partial charge in [-0.05, 0) is 32.0 Å². The molecule has 0 aliphatic carbocycles. The molecule has 25 heavy (non-hydrogen) atoms. The van der Waals surface area contributed by atoms with Crippen molar-refractivity contribution >= 4 is 23.2 Å². The fourth-order valence-corrected chi connectivity index (χ4v) is 3.29. The third-order valence-electron chi connectivity index (χ3n) is 4.57. The summed E-state index contributed by atoms with van der Waals surface area (Å²) in [6.07, 6.45) is 0. The summed E-state index contributed by atoms with van der Waals surface area (Å²) in [6.45, 7) is 8.26. The second-order valence-electron chi connectivity index (χ2n) is 6.16. The van der Waals surface area contributed by atoms with Crippen molar-refractivity contribution in [3.63, 3.8) is 0 Å². The second kappa shape index (κ2) is 7.78. The maximum absolute atomic E-state index is 6.10. The molecule has 1 saturated heterocycles. The first-order chi connectivity index (χ1) is 12.1. The molecule has 1 aliphatic rings. The number of aliphatic imine (C=N–C) groups is 1. The predicted octanol–water partition coefficient (Wildman–Crippen LogP) is 2.84. The highest BCUT2D eigenvalue weighted by molar-refractivity contribution is 6.30. The largest absolute Gasteiger partial charge is 0.368 e. The van der Waals surface area contributed by atoms with Gasteiger partial charge in [0.25, 0.3) is 0 Å². The van der Waals surface area contributed by atoms with Gasteiger partial charge in [0, 0.05) is 56.0 Å². The van der Waals surface area contributed by atoms with Crippen LogP contribution in [-0.2, 0) is 6.54 Å². The Morgan fingerprint density at radius 3 is 2.64 bits per heavy atom. The number of hydrogen-bond acceptors (Lipinski definition) is 4. The SMILES string of the molecule is CN=C(NCc1c(C)noc1C)N1CCN(c2cccc(Cl)c2)CC1. The Hall–Kier alpha value is -2.21. The number of benzene rings is 1. The number of nitrogens with zero attached hydrogens (tertiary/aromatic N) is 4. The van der Waals surface area contributed by atoms with Crippen LogP contribution in [0.3, 0.4) is 0 Å². The van der Waals surface area contributed by atoms with E-state index >= 15 is 0 Å². The monoisotopic (exact) mass is 361 g/mol. The quantitative estimate of drug-likeness (QED) is 0.673. The first-order valence-electron chi connectivity index (χ1n) is 8.46. The fraction of sp³-hybridized carbons (Fsp3) is 0.444. The van der Waals surface area contributed by atoms with Gasteiger partial charge in [-0.25, -0.2) is 0 Å². The van der Waals surface area contributed by atoms with E-state index in [0.29, 0.717) is 6.54 Å². The van der Waals surface area contributed by atoms with E-state index in [2.05, 4.69) is 31.3 Å². The summed E-state index contributed by atoms with van der Waals surface area (Å²) in [7, 11) is 1.82. The van der Waals surface area contributed by atoms with Gasteiger partial charge in [-0.3, -0.25) is 4.99 Å². The van der Waals surface area contributed by atoms with Gasteiger partial charge >= 0.3 is 0 Å². The van der Waals surface area contributed by atoms with Gasteiger partial charge in [-0.15, -0.1) is 0 Å². The van der Waals surface area contributed by atoms with Gasteiger partial charge in [-0.1, -0.05) is 22.8 Å². The van der Waals surface area contributed by atoms with E-state index in [4.69, 9.17) is 16.1 Å². The minimum absolute atomic E-state index is 0.669. The van der Waals surface area contributed by atoms with Crippen molar-refractivity contribution in [3.8, 4) is 0 Å². The zero-order valence-corrected chi connectivity index (χ0v) is 15.7. The summed E-state index contributed by atoms with van der Waals surface area (Å²) in [4.78, 5) is 9.05. The van der Waals surface area contributed by atoms with E-state index in [9.17, 15) is 0 Å². The molecule has 1 aromatic carbocycles. The van der Waals surface area contributed by atoms with Crippen LogP contribution in [0.2, 0.25) is 5.02 Å². The van der Waals surface area contributed by atoms with E-state index in [-0.39, 0.29) is 0 Å². The van der Waals surface area contributed by atoms with E-state index in [1.54, 1.807) is 0 Å². The van der Waals surface area contributed by atoms with Crippen molar-refractivity contribution in [1.29, 1.82) is 0 Å². The molecule has 0 spiro atoms. The Bertz CT molecular complexity index is 730. The van der Waals surface area contributed by atoms with Crippen LogP contribution in [0.15, 0.2) is 33.8 Å². The third-order valence-corrected chi connectivity index (χ3v) is 4.80. The molecular weight excluding hydrogens is 338 g/mol. The highest BCUT2D eigenvalue weighted by atomic mass is 35.5. The number of rotatable bonds is 3.